The van der Waals surface area contributed by atoms with E-state index in [0.717, 1.165) is 34.5 Å². The number of nitrogens with one attached hydrogen (secondary N) is 1. The highest BCUT2D eigenvalue weighted by molar-refractivity contribution is 8.13. The number of thioether (sulfide) groups is 1. The predicted octanol–water partition coefficient (Wildman–Crippen LogP) is 6.15. The molecule has 0 spiro atoms. The van der Waals surface area contributed by atoms with Crippen molar-refractivity contribution >= 4 is 52.7 Å². The minimum absolute atomic E-state index is 0.0204. The molecule has 3 aromatic carbocycles. The van der Waals surface area contributed by atoms with E-state index in [0.29, 0.717) is 23.0 Å². The summed E-state index contributed by atoms with van der Waals surface area (Å²) in [5.41, 5.74) is 13.5. The zero-order valence-corrected chi connectivity index (χ0v) is 25.0. The molecule has 14 heteroatoms. The van der Waals surface area contributed by atoms with Crippen LogP contribution in [0.5, 0.6) is 5.75 Å². The van der Waals surface area contributed by atoms with E-state index in [1.165, 1.54) is 30.2 Å². The van der Waals surface area contributed by atoms with Crippen LogP contribution < -0.4 is 15.9 Å². The Kier molecular flexibility index (Phi) is 12.9. The SMILES string of the molecule is CCOCC(=O)OCSC(=Nc1c(C)cccc1C)N/N=C\c1ccc(C(N)=NC=Nc2ccc(OC(F)(F)F)cc2)cc1. The third kappa shape index (κ3) is 11.9. The zero-order chi connectivity index (χ0) is 32.0. The molecule has 0 amide bonds. The first-order chi connectivity index (χ1) is 21.0. The molecule has 0 fully saturated rings. The number of hydrazone groups is 1. The number of halogens is 3. The minimum Gasteiger partial charge on any atom is -0.452 e. The zero-order valence-electron chi connectivity index (χ0n) is 24.2. The molecular formula is C30H31F3N6O4S. The number of aliphatic imine (C=N–C) groups is 3. The van der Waals surface area contributed by atoms with Gasteiger partial charge in [0.2, 0.25) is 0 Å². The number of carbonyl (C=O) groups excluding carboxylic acids is 1. The summed E-state index contributed by atoms with van der Waals surface area (Å²) in [6.45, 7) is 5.99. The van der Waals surface area contributed by atoms with E-state index in [9.17, 15) is 18.0 Å². The average molecular weight is 629 g/mol. The van der Waals surface area contributed by atoms with Crippen LogP contribution in [0.1, 0.15) is 29.2 Å². The van der Waals surface area contributed by atoms with E-state index < -0.39 is 12.3 Å². The highest BCUT2D eigenvalue weighted by atomic mass is 32.2. The Morgan fingerprint density at radius 1 is 1.02 bits per heavy atom. The molecule has 0 bridgehead atoms. The van der Waals surface area contributed by atoms with Gasteiger partial charge in [0, 0.05) is 12.2 Å². The normalized spacial score (nSPS) is 12.6. The second-order valence-electron chi connectivity index (χ2n) is 8.87. The maximum absolute atomic E-state index is 12.3. The van der Waals surface area contributed by atoms with Crippen LogP contribution in [-0.2, 0) is 14.3 Å². The van der Waals surface area contributed by atoms with Crippen LogP contribution in [-0.4, -0.2) is 55.0 Å². The molecule has 232 valence electrons. The van der Waals surface area contributed by atoms with Gasteiger partial charge >= 0.3 is 12.3 Å². The lowest BCUT2D eigenvalue weighted by molar-refractivity contribution is -0.274. The second kappa shape index (κ2) is 16.8. The molecule has 0 saturated heterocycles. The van der Waals surface area contributed by atoms with Crippen molar-refractivity contribution in [2.75, 3.05) is 19.2 Å². The van der Waals surface area contributed by atoms with Crippen molar-refractivity contribution in [2.45, 2.75) is 27.1 Å². The number of aryl methyl sites for hydroxylation is 2. The molecule has 0 heterocycles. The van der Waals surface area contributed by atoms with Gasteiger partial charge in [-0.15, -0.1) is 13.2 Å². The Morgan fingerprint density at radius 3 is 2.34 bits per heavy atom. The third-order valence-corrected chi connectivity index (χ3v) is 6.24. The Labute approximate surface area is 256 Å². The van der Waals surface area contributed by atoms with E-state index in [1.807, 2.05) is 32.0 Å². The summed E-state index contributed by atoms with van der Waals surface area (Å²) < 4.78 is 50.9. The fourth-order valence-electron chi connectivity index (χ4n) is 3.42. The highest BCUT2D eigenvalue weighted by Crippen LogP contribution is 2.25. The van der Waals surface area contributed by atoms with Crippen LogP contribution in [0.4, 0.5) is 24.5 Å². The minimum atomic E-state index is -4.76. The van der Waals surface area contributed by atoms with Crippen molar-refractivity contribution in [3.8, 4) is 5.75 Å². The molecule has 3 N–H and O–H groups in total. The molecule has 44 heavy (non-hydrogen) atoms. The first-order valence-electron chi connectivity index (χ1n) is 13.2. The quantitative estimate of drug-likeness (QED) is 0.0809. The van der Waals surface area contributed by atoms with Crippen LogP contribution in [0.25, 0.3) is 0 Å². The highest BCUT2D eigenvalue weighted by Gasteiger charge is 2.30. The number of hydrogen-bond acceptors (Lipinski definition) is 8. The monoisotopic (exact) mass is 628 g/mol. The molecule has 0 aliphatic carbocycles. The van der Waals surface area contributed by atoms with E-state index in [1.54, 1.807) is 37.4 Å². The number of rotatable bonds is 12. The lowest BCUT2D eigenvalue weighted by Crippen LogP contribution is -2.17. The van der Waals surface area contributed by atoms with Gasteiger partial charge in [-0.1, -0.05) is 42.5 Å². The Bertz CT molecular complexity index is 1490. The van der Waals surface area contributed by atoms with Crippen molar-refractivity contribution in [1.29, 1.82) is 0 Å². The number of esters is 1. The van der Waals surface area contributed by atoms with Gasteiger partial charge in [0.15, 0.2) is 5.17 Å². The van der Waals surface area contributed by atoms with Crippen LogP contribution in [0.3, 0.4) is 0 Å². The first-order valence-corrected chi connectivity index (χ1v) is 14.1. The van der Waals surface area contributed by atoms with Gasteiger partial charge in [-0.25, -0.2) is 19.8 Å². The van der Waals surface area contributed by atoms with E-state index in [-0.39, 0.29) is 24.1 Å². The summed E-state index contributed by atoms with van der Waals surface area (Å²) in [6, 6.07) is 17.9. The molecule has 0 radical (unpaired) electrons. The fraction of sp³-hybridized carbons (Fsp3) is 0.233. The number of hydrogen-bond donors (Lipinski definition) is 2. The molecule has 0 aliphatic heterocycles. The van der Waals surface area contributed by atoms with Crippen molar-refractivity contribution in [2.24, 2.45) is 25.8 Å². The number of amidine groups is 2. The van der Waals surface area contributed by atoms with Crippen molar-refractivity contribution < 1.29 is 32.2 Å². The topological polar surface area (TPSA) is 132 Å². The number of nitrogens with two attached hydrogens (primary N) is 1. The summed E-state index contributed by atoms with van der Waals surface area (Å²) in [7, 11) is 0. The van der Waals surface area contributed by atoms with E-state index >= 15 is 0 Å². The molecule has 10 nitrogen and oxygen atoms in total. The number of para-hydroxylation sites is 1. The van der Waals surface area contributed by atoms with E-state index in [4.69, 9.17) is 20.2 Å². The average Bonchev–Trinajstić information content (AvgIpc) is 2.98. The van der Waals surface area contributed by atoms with Crippen molar-refractivity contribution in [3.63, 3.8) is 0 Å². The smallest absolute Gasteiger partial charge is 0.452 e. The van der Waals surface area contributed by atoms with Crippen LogP contribution >= 0.6 is 11.8 Å². The lowest BCUT2D eigenvalue weighted by atomic mass is 10.1. The molecule has 3 rings (SSSR count). The van der Waals surface area contributed by atoms with Crippen LogP contribution in [0.15, 0.2) is 86.8 Å². The number of ether oxygens (including phenoxy) is 3. The first kappa shape index (κ1) is 33.8. The summed E-state index contributed by atoms with van der Waals surface area (Å²) in [5, 5.41) is 4.71. The largest absolute Gasteiger partial charge is 0.573 e. The summed E-state index contributed by atoms with van der Waals surface area (Å²) in [5.74, 6) is -0.615. The van der Waals surface area contributed by atoms with Gasteiger partial charge in [-0.05, 0) is 73.5 Å². The number of carbonyl (C=O) groups is 1. The summed E-state index contributed by atoms with van der Waals surface area (Å²) in [6.07, 6.45) is -1.97. The maximum atomic E-state index is 12.3. The predicted molar refractivity (Wildman–Crippen MR) is 167 cm³/mol. The molecule has 0 aliphatic rings. The second-order valence-corrected chi connectivity index (χ2v) is 9.78. The summed E-state index contributed by atoms with van der Waals surface area (Å²) >= 11 is 1.18. The van der Waals surface area contributed by atoms with Gasteiger partial charge in [-0.3, -0.25) is 5.43 Å². The molecule has 0 unspecified atom stereocenters. The number of nitrogens with zero attached hydrogens (tertiary/aromatic N) is 4. The summed E-state index contributed by atoms with van der Waals surface area (Å²) in [4.78, 5) is 24.6. The number of benzene rings is 3. The van der Waals surface area contributed by atoms with Gasteiger partial charge < -0.3 is 19.9 Å². The fourth-order valence-corrected chi connectivity index (χ4v) is 3.99. The molecular weight excluding hydrogens is 597 g/mol. The van der Waals surface area contributed by atoms with Gasteiger partial charge in [-0.2, -0.15) is 5.10 Å². The molecule has 0 aromatic heterocycles. The van der Waals surface area contributed by atoms with Crippen molar-refractivity contribution in [3.05, 3.63) is 89.0 Å². The van der Waals surface area contributed by atoms with Crippen LogP contribution in [0.2, 0.25) is 0 Å². The third-order valence-electron chi connectivity index (χ3n) is 5.55. The maximum Gasteiger partial charge on any atom is 0.573 e. The van der Waals surface area contributed by atoms with Crippen LogP contribution in [0, 0.1) is 13.8 Å². The Balaban J connectivity index is 1.62. The Hall–Kier alpha value is -4.69. The lowest BCUT2D eigenvalue weighted by Gasteiger charge is -2.09. The number of alkyl halides is 3. The van der Waals surface area contributed by atoms with Gasteiger partial charge in [0.05, 0.1) is 17.6 Å². The van der Waals surface area contributed by atoms with E-state index in [2.05, 4.69) is 25.2 Å². The standard InChI is InChI=1S/C30H31F3N6O4S/c1-4-41-17-26(40)42-19-44-29(38-27-20(2)6-5-7-21(27)3)39-37-16-22-8-10-23(11-9-22)28(34)36-18-35-24-12-14-25(15-13-24)43-30(31,32)33/h5-16,18H,4,17,19H2,1-3H3,(H,38,39)(H2,34,35,36)/b37-16-. The molecule has 3 aromatic rings. The Morgan fingerprint density at radius 2 is 1.70 bits per heavy atom. The van der Waals surface area contributed by atoms with Gasteiger partial charge in [0.25, 0.3) is 0 Å². The van der Waals surface area contributed by atoms with Crippen molar-refractivity contribution in [1.82, 2.24) is 5.43 Å². The molecule has 0 atom stereocenters. The van der Waals surface area contributed by atoms with Gasteiger partial charge in [0.1, 0.15) is 30.5 Å². The molecule has 0 saturated carbocycles.